The average molecular weight is 485 g/mol. The Morgan fingerprint density at radius 2 is 1.86 bits per heavy atom. The lowest BCUT2D eigenvalue weighted by Gasteiger charge is -2.37. The van der Waals surface area contributed by atoms with Gasteiger partial charge < -0.3 is 30.1 Å². The molecule has 3 atom stereocenters. The van der Waals surface area contributed by atoms with Crippen LogP contribution >= 0.6 is 0 Å². The van der Waals surface area contributed by atoms with E-state index in [1.807, 2.05) is 19.1 Å². The van der Waals surface area contributed by atoms with Gasteiger partial charge in [-0.1, -0.05) is 24.3 Å². The van der Waals surface area contributed by atoms with E-state index in [0.29, 0.717) is 19.0 Å². The van der Waals surface area contributed by atoms with Gasteiger partial charge in [0.2, 0.25) is 0 Å². The summed E-state index contributed by atoms with van der Waals surface area (Å²) in [5, 5.41) is 24.0. The third-order valence-corrected chi connectivity index (χ3v) is 7.76. The SMILES string of the molecule is CC1=CCC(O)C(CN2C(NC3CCN(CCN4CCOCC4)CC3)=NC3C=CC(CO)=CC32)=N1. The Morgan fingerprint density at radius 3 is 2.60 bits per heavy atom. The number of allylic oxidation sites excluding steroid dienone is 1. The molecule has 0 aromatic rings. The summed E-state index contributed by atoms with van der Waals surface area (Å²) in [5.74, 6) is 0.883. The van der Waals surface area contributed by atoms with E-state index in [1.54, 1.807) is 0 Å². The molecular weight excluding hydrogens is 444 g/mol. The number of nitrogens with zero attached hydrogens (tertiary/aromatic N) is 5. The number of aliphatic hydroxyl groups excluding tert-OH is 2. The fourth-order valence-corrected chi connectivity index (χ4v) is 5.54. The Kier molecular flexibility index (Phi) is 7.99. The quantitative estimate of drug-likeness (QED) is 0.481. The third kappa shape index (κ3) is 6.03. The van der Waals surface area contributed by atoms with Gasteiger partial charge in [-0.25, -0.2) is 4.99 Å². The number of piperidine rings is 1. The van der Waals surface area contributed by atoms with Crippen LogP contribution in [-0.2, 0) is 4.74 Å². The van der Waals surface area contributed by atoms with Crippen molar-refractivity contribution in [1.82, 2.24) is 20.0 Å². The lowest BCUT2D eigenvalue weighted by molar-refractivity contribution is 0.0320. The molecule has 0 saturated carbocycles. The number of fused-ring (bicyclic) bond motifs is 1. The highest BCUT2D eigenvalue weighted by Gasteiger charge is 2.38. The summed E-state index contributed by atoms with van der Waals surface area (Å²) in [6.07, 6.45) is 10.4. The molecule has 5 aliphatic rings. The van der Waals surface area contributed by atoms with E-state index in [-0.39, 0.29) is 18.7 Å². The summed E-state index contributed by atoms with van der Waals surface area (Å²) in [7, 11) is 0. The van der Waals surface area contributed by atoms with E-state index in [4.69, 9.17) is 9.73 Å². The van der Waals surface area contributed by atoms with E-state index >= 15 is 0 Å². The van der Waals surface area contributed by atoms with Gasteiger partial charge in [0.05, 0.1) is 50.3 Å². The maximum absolute atomic E-state index is 10.6. The normalized spacial score (nSPS) is 30.5. The number of aliphatic imine (C=N–C) groups is 2. The molecule has 0 amide bonds. The minimum absolute atomic E-state index is 0.0133. The Hall–Kier alpha value is -2.04. The molecule has 0 bridgehead atoms. The highest BCUT2D eigenvalue weighted by Crippen LogP contribution is 2.27. The van der Waals surface area contributed by atoms with Crippen molar-refractivity contribution in [1.29, 1.82) is 0 Å². The van der Waals surface area contributed by atoms with Crippen molar-refractivity contribution >= 4 is 11.7 Å². The largest absolute Gasteiger partial charge is 0.392 e. The Labute approximate surface area is 208 Å². The number of likely N-dealkylation sites (tertiary alicyclic amines) is 1. The molecule has 35 heavy (non-hydrogen) atoms. The van der Waals surface area contributed by atoms with Crippen molar-refractivity contribution in [3.05, 3.63) is 35.6 Å². The summed E-state index contributed by atoms with van der Waals surface area (Å²) in [4.78, 5) is 17.0. The van der Waals surface area contributed by atoms with E-state index in [9.17, 15) is 10.2 Å². The second-order valence-electron chi connectivity index (χ2n) is 10.2. The standard InChI is InChI=1S/C26H40N6O3/c1-19-2-5-25(34)23(27-19)17-32-24-16-20(18-33)3-4-22(24)29-26(32)28-21-6-8-30(9-7-21)10-11-31-12-14-35-15-13-31/h2-4,16,21-22,24-25,33-34H,5-15,17-18H2,1H3,(H,28,29). The van der Waals surface area contributed by atoms with E-state index in [0.717, 1.165) is 88.3 Å². The zero-order valence-electron chi connectivity index (χ0n) is 20.8. The van der Waals surface area contributed by atoms with Crippen molar-refractivity contribution in [2.24, 2.45) is 9.98 Å². The van der Waals surface area contributed by atoms with Gasteiger partial charge in [0.25, 0.3) is 0 Å². The van der Waals surface area contributed by atoms with Crippen LogP contribution in [0.5, 0.6) is 0 Å². The molecule has 0 spiro atoms. The number of ether oxygens (including phenoxy) is 1. The molecule has 4 aliphatic heterocycles. The third-order valence-electron chi connectivity index (χ3n) is 7.76. The topological polar surface area (TPSA) is 96.2 Å². The highest BCUT2D eigenvalue weighted by atomic mass is 16.5. The molecule has 192 valence electrons. The number of hydrogen-bond donors (Lipinski definition) is 3. The number of hydrogen-bond acceptors (Lipinski definition) is 9. The molecular formula is C26H40N6O3. The van der Waals surface area contributed by atoms with Crippen LogP contribution in [0.2, 0.25) is 0 Å². The number of rotatable bonds is 7. The second kappa shape index (κ2) is 11.3. The molecule has 2 saturated heterocycles. The first-order valence-electron chi connectivity index (χ1n) is 13.1. The van der Waals surface area contributed by atoms with Crippen molar-refractivity contribution < 1.29 is 14.9 Å². The molecule has 2 fully saturated rings. The van der Waals surface area contributed by atoms with Crippen LogP contribution in [0.25, 0.3) is 0 Å². The van der Waals surface area contributed by atoms with Crippen LogP contribution in [0.15, 0.2) is 45.6 Å². The van der Waals surface area contributed by atoms with Gasteiger partial charge in [0.15, 0.2) is 5.96 Å². The fraction of sp³-hybridized carbons (Fsp3) is 0.692. The van der Waals surface area contributed by atoms with Crippen LogP contribution < -0.4 is 5.32 Å². The number of morpholine rings is 1. The predicted molar refractivity (Wildman–Crippen MR) is 138 cm³/mol. The molecule has 3 N–H and O–H groups in total. The Morgan fingerprint density at radius 1 is 1.11 bits per heavy atom. The monoisotopic (exact) mass is 484 g/mol. The summed E-state index contributed by atoms with van der Waals surface area (Å²) in [5.41, 5.74) is 2.64. The number of aliphatic hydroxyl groups is 2. The lowest BCUT2D eigenvalue weighted by Crippen LogP contribution is -2.53. The Balaban J connectivity index is 1.20. The maximum Gasteiger partial charge on any atom is 0.195 e. The van der Waals surface area contributed by atoms with Crippen molar-refractivity contribution in [3.63, 3.8) is 0 Å². The Bertz CT molecular complexity index is 899. The maximum atomic E-state index is 10.6. The van der Waals surface area contributed by atoms with Crippen molar-refractivity contribution in [3.8, 4) is 0 Å². The van der Waals surface area contributed by atoms with Crippen molar-refractivity contribution in [2.45, 2.75) is 50.4 Å². The summed E-state index contributed by atoms with van der Waals surface area (Å²) >= 11 is 0. The fourth-order valence-electron chi connectivity index (χ4n) is 5.54. The zero-order chi connectivity index (χ0) is 24.2. The van der Waals surface area contributed by atoms with Crippen molar-refractivity contribution in [2.75, 3.05) is 65.6 Å². The highest BCUT2D eigenvalue weighted by molar-refractivity contribution is 5.96. The predicted octanol–water partition coefficient (Wildman–Crippen LogP) is 0.379. The number of guanidine groups is 1. The minimum Gasteiger partial charge on any atom is -0.392 e. The van der Waals surface area contributed by atoms with Gasteiger partial charge >= 0.3 is 0 Å². The smallest absolute Gasteiger partial charge is 0.195 e. The van der Waals surface area contributed by atoms with E-state index in [1.165, 1.54) is 0 Å². The molecule has 9 heteroatoms. The lowest BCUT2D eigenvalue weighted by atomic mass is 9.97. The average Bonchev–Trinajstić information content (AvgIpc) is 3.22. The summed E-state index contributed by atoms with van der Waals surface area (Å²) in [6, 6.07) is 0.417. The number of nitrogens with one attached hydrogen (secondary N) is 1. The first-order chi connectivity index (χ1) is 17.1. The molecule has 0 aromatic carbocycles. The van der Waals surface area contributed by atoms with Gasteiger partial charge in [-0.2, -0.15) is 0 Å². The van der Waals surface area contributed by atoms with Crippen LogP contribution in [0.3, 0.4) is 0 Å². The second-order valence-corrected chi connectivity index (χ2v) is 10.2. The van der Waals surface area contributed by atoms with E-state index in [2.05, 4.69) is 37.2 Å². The van der Waals surface area contributed by atoms with Gasteiger partial charge in [0.1, 0.15) is 0 Å². The van der Waals surface area contributed by atoms with Crippen LogP contribution in [0.1, 0.15) is 26.2 Å². The zero-order valence-corrected chi connectivity index (χ0v) is 20.8. The summed E-state index contributed by atoms with van der Waals surface area (Å²) < 4.78 is 5.46. The molecule has 4 heterocycles. The van der Waals surface area contributed by atoms with Crippen LogP contribution in [0, 0.1) is 0 Å². The van der Waals surface area contributed by atoms with Gasteiger partial charge in [0, 0.05) is 51.0 Å². The molecule has 1 aliphatic carbocycles. The van der Waals surface area contributed by atoms with E-state index < -0.39 is 6.10 Å². The molecule has 0 radical (unpaired) electrons. The van der Waals surface area contributed by atoms with Crippen LogP contribution in [0.4, 0.5) is 0 Å². The first-order valence-corrected chi connectivity index (χ1v) is 13.1. The molecule has 3 unspecified atom stereocenters. The molecule has 0 aromatic heterocycles. The van der Waals surface area contributed by atoms with Gasteiger partial charge in [-0.3, -0.25) is 9.89 Å². The molecule has 9 nitrogen and oxygen atoms in total. The van der Waals surface area contributed by atoms with Crippen LogP contribution in [-0.4, -0.2) is 126 Å². The first kappa shape index (κ1) is 24.6. The minimum atomic E-state index is -0.561. The van der Waals surface area contributed by atoms with Gasteiger partial charge in [-0.15, -0.1) is 0 Å². The summed E-state index contributed by atoms with van der Waals surface area (Å²) in [6.45, 7) is 10.8. The molecule has 5 rings (SSSR count). The van der Waals surface area contributed by atoms with Gasteiger partial charge in [-0.05, 0) is 31.8 Å².